The minimum Gasteiger partial charge on any atom is -0.337 e. The van der Waals surface area contributed by atoms with E-state index in [-0.39, 0.29) is 5.91 Å². The van der Waals surface area contributed by atoms with Gasteiger partial charge in [0.15, 0.2) is 0 Å². The van der Waals surface area contributed by atoms with Crippen LogP contribution < -0.4 is 0 Å². The van der Waals surface area contributed by atoms with Crippen LogP contribution in [0, 0.1) is 5.92 Å². The molecule has 0 bridgehead atoms. The zero-order chi connectivity index (χ0) is 13.2. The van der Waals surface area contributed by atoms with Gasteiger partial charge in [-0.1, -0.05) is 13.3 Å². The molecule has 100 valence electrons. The molecule has 19 heavy (non-hydrogen) atoms. The first-order valence-corrected chi connectivity index (χ1v) is 6.87. The summed E-state index contributed by atoms with van der Waals surface area (Å²) in [6, 6.07) is 1.83. The number of carbonyl (C=O) groups is 1. The van der Waals surface area contributed by atoms with Crippen LogP contribution in [0.3, 0.4) is 0 Å². The van der Waals surface area contributed by atoms with Gasteiger partial charge < -0.3 is 4.90 Å². The number of nitrogens with zero attached hydrogens (tertiary/aromatic N) is 4. The first-order valence-electron chi connectivity index (χ1n) is 6.87. The van der Waals surface area contributed by atoms with Gasteiger partial charge in [-0.2, -0.15) is 0 Å². The number of aromatic nitrogens is 3. The third kappa shape index (κ3) is 2.32. The van der Waals surface area contributed by atoms with Crippen molar-refractivity contribution >= 4 is 11.7 Å². The van der Waals surface area contributed by atoms with Crippen LogP contribution in [-0.2, 0) is 0 Å². The largest absolute Gasteiger partial charge is 0.337 e. The van der Waals surface area contributed by atoms with Crippen LogP contribution in [0.15, 0.2) is 24.7 Å². The molecule has 0 spiro atoms. The highest BCUT2D eigenvalue weighted by Crippen LogP contribution is 2.20. The third-order valence-electron chi connectivity index (χ3n) is 3.84. The van der Waals surface area contributed by atoms with Crippen molar-refractivity contribution in [2.45, 2.75) is 26.2 Å². The standard InChI is InChI=1S/C14H18N4O/c1-2-11-5-3-7-17(9-11)13(19)12-10-18-8-4-6-15-14(18)16-12/h4,6,8,10-11H,2-3,5,7,9H2,1H3/t11-/m1/s1. The lowest BCUT2D eigenvalue weighted by atomic mass is 9.95. The summed E-state index contributed by atoms with van der Waals surface area (Å²) in [7, 11) is 0. The molecule has 0 aliphatic carbocycles. The van der Waals surface area contributed by atoms with Gasteiger partial charge >= 0.3 is 0 Å². The predicted molar refractivity (Wildman–Crippen MR) is 71.9 cm³/mol. The van der Waals surface area contributed by atoms with Gasteiger partial charge in [0.05, 0.1) is 0 Å². The van der Waals surface area contributed by atoms with Crippen LogP contribution in [0.1, 0.15) is 36.7 Å². The van der Waals surface area contributed by atoms with Crippen LogP contribution in [-0.4, -0.2) is 38.3 Å². The lowest BCUT2D eigenvalue weighted by Gasteiger charge is -2.31. The summed E-state index contributed by atoms with van der Waals surface area (Å²) in [4.78, 5) is 22.8. The summed E-state index contributed by atoms with van der Waals surface area (Å²) >= 11 is 0. The second-order valence-electron chi connectivity index (χ2n) is 5.12. The number of amides is 1. The average molecular weight is 258 g/mol. The van der Waals surface area contributed by atoms with E-state index in [9.17, 15) is 4.79 Å². The summed E-state index contributed by atoms with van der Waals surface area (Å²) in [6.07, 6.45) is 8.77. The molecule has 0 radical (unpaired) electrons. The Balaban J connectivity index is 1.82. The number of hydrogen-bond acceptors (Lipinski definition) is 3. The summed E-state index contributed by atoms with van der Waals surface area (Å²) in [5, 5.41) is 0. The molecule has 1 atom stereocenters. The SMILES string of the molecule is CC[C@@H]1CCCN(C(=O)c2cn3cccnc3n2)C1. The van der Waals surface area contributed by atoms with Gasteiger partial charge in [-0.05, 0) is 24.8 Å². The van der Waals surface area contributed by atoms with Crippen molar-refractivity contribution in [2.24, 2.45) is 5.92 Å². The average Bonchev–Trinajstić information content (AvgIpc) is 2.90. The predicted octanol–water partition coefficient (Wildman–Crippen LogP) is 1.99. The molecule has 1 aliphatic heterocycles. The Morgan fingerprint density at radius 3 is 3.21 bits per heavy atom. The number of imidazole rings is 1. The number of likely N-dealkylation sites (tertiary alicyclic amines) is 1. The van der Waals surface area contributed by atoms with Gasteiger partial charge in [0.25, 0.3) is 5.91 Å². The van der Waals surface area contributed by atoms with E-state index in [1.165, 1.54) is 6.42 Å². The monoisotopic (exact) mass is 258 g/mol. The van der Waals surface area contributed by atoms with Crippen molar-refractivity contribution in [1.29, 1.82) is 0 Å². The first-order chi connectivity index (χ1) is 9.28. The number of hydrogen-bond donors (Lipinski definition) is 0. The zero-order valence-electron chi connectivity index (χ0n) is 11.1. The number of fused-ring (bicyclic) bond motifs is 1. The molecule has 0 saturated carbocycles. The maximum atomic E-state index is 12.5. The van der Waals surface area contributed by atoms with Crippen molar-refractivity contribution in [3.8, 4) is 0 Å². The summed E-state index contributed by atoms with van der Waals surface area (Å²) < 4.78 is 1.79. The van der Waals surface area contributed by atoms with Crippen molar-refractivity contribution in [3.63, 3.8) is 0 Å². The topological polar surface area (TPSA) is 50.5 Å². The second-order valence-corrected chi connectivity index (χ2v) is 5.12. The molecule has 1 amide bonds. The number of piperidine rings is 1. The fourth-order valence-electron chi connectivity index (χ4n) is 2.68. The molecule has 0 unspecified atom stereocenters. The molecule has 1 fully saturated rings. The summed E-state index contributed by atoms with van der Waals surface area (Å²) in [5.74, 6) is 1.24. The van der Waals surface area contributed by atoms with E-state index in [2.05, 4.69) is 16.9 Å². The van der Waals surface area contributed by atoms with Crippen molar-refractivity contribution in [2.75, 3.05) is 13.1 Å². The van der Waals surface area contributed by atoms with Gasteiger partial charge in [-0.15, -0.1) is 0 Å². The highest BCUT2D eigenvalue weighted by atomic mass is 16.2. The zero-order valence-corrected chi connectivity index (χ0v) is 11.1. The summed E-state index contributed by atoms with van der Waals surface area (Å²) in [6.45, 7) is 3.89. The maximum Gasteiger partial charge on any atom is 0.274 e. The van der Waals surface area contributed by atoms with E-state index >= 15 is 0 Å². The Morgan fingerprint density at radius 1 is 1.53 bits per heavy atom. The van der Waals surface area contributed by atoms with Crippen LogP contribution in [0.25, 0.3) is 5.78 Å². The van der Waals surface area contributed by atoms with Gasteiger partial charge in [-0.25, -0.2) is 9.97 Å². The van der Waals surface area contributed by atoms with Crippen molar-refractivity contribution in [3.05, 3.63) is 30.4 Å². The van der Waals surface area contributed by atoms with E-state index in [4.69, 9.17) is 0 Å². The molecular weight excluding hydrogens is 240 g/mol. The van der Waals surface area contributed by atoms with Gasteiger partial charge in [-0.3, -0.25) is 9.20 Å². The van der Waals surface area contributed by atoms with E-state index < -0.39 is 0 Å². The maximum absolute atomic E-state index is 12.5. The van der Waals surface area contributed by atoms with Crippen molar-refractivity contribution < 1.29 is 4.79 Å². The molecule has 2 aromatic heterocycles. The molecule has 2 aromatic rings. The Labute approximate surface area is 112 Å². The molecule has 5 heteroatoms. The van der Waals surface area contributed by atoms with Crippen LogP contribution in [0.2, 0.25) is 0 Å². The Hall–Kier alpha value is -1.91. The fourth-order valence-corrected chi connectivity index (χ4v) is 2.68. The minimum atomic E-state index is 0.0312. The minimum absolute atomic E-state index is 0.0312. The van der Waals surface area contributed by atoms with Crippen LogP contribution in [0.5, 0.6) is 0 Å². The molecule has 3 heterocycles. The number of rotatable bonds is 2. The molecule has 1 aliphatic rings. The fraction of sp³-hybridized carbons (Fsp3) is 0.500. The normalized spacial score (nSPS) is 19.8. The first kappa shape index (κ1) is 12.1. The van der Waals surface area contributed by atoms with E-state index in [1.807, 2.05) is 17.2 Å². The molecule has 1 saturated heterocycles. The molecule has 3 rings (SSSR count). The smallest absolute Gasteiger partial charge is 0.274 e. The van der Waals surface area contributed by atoms with Gasteiger partial charge in [0.1, 0.15) is 5.69 Å². The lowest BCUT2D eigenvalue weighted by molar-refractivity contribution is 0.0666. The van der Waals surface area contributed by atoms with Crippen LogP contribution in [0.4, 0.5) is 0 Å². The summed E-state index contributed by atoms with van der Waals surface area (Å²) in [5.41, 5.74) is 0.496. The Kier molecular flexibility index (Phi) is 3.19. The molecule has 0 aromatic carbocycles. The van der Waals surface area contributed by atoms with E-state index in [0.717, 1.165) is 25.9 Å². The van der Waals surface area contributed by atoms with E-state index in [0.29, 0.717) is 17.4 Å². The molecule has 0 N–H and O–H groups in total. The van der Waals surface area contributed by atoms with E-state index in [1.54, 1.807) is 16.8 Å². The Bertz CT molecular complexity index is 559. The highest BCUT2D eigenvalue weighted by Gasteiger charge is 2.25. The molecular formula is C14H18N4O. The van der Waals surface area contributed by atoms with Gasteiger partial charge in [0.2, 0.25) is 5.78 Å². The van der Waals surface area contributed by atoms with Crippen molar-refractivity contribution in [1.82, 2.24) is 19.3 Å². The quantitative estimate of drug-likeness (QED) is 0.827. The molecule has 5 nitrogen and oxygen atoms in total. The highest BCUT2D eigenvalue weighted by molar-refractivity contribution is 5.92. The van der Waals surface area contributed by atoms with Crippen LogP contribution >= 0.6 is 0 Å². The second kappa shape index (κ2) is 4.99. The Morgan fingerprint density at radius 2 is 2.42 bits per heavy atom. The lowest BCUT2D eigenvalue weighted by Crippen LogP contribution is -2.39. The van der Waals surface area contributed by atoms with Gasteiger partial charge in [0, 0.05) is 31.7 Å². The third-order valence-corrected chi connectivity index (χ3v) is 3.84. The number of carbonyl (C=O) groups excluding carboxylic acids is 1.